The second kappa shape index (κ2) is 5.76. The van der Waals surface area contributed by atoms with Crippen LogP contribution in [0.15, 0.2) is 26.7 Å². The van der Waals surface area contributed by atoms with E-state index in [-0.39, 0.29) is 28.5 Å². The van der Waals surface area contributed by atoms with Crippen molar-refractivity contribution in [2.24, 2.45) is 5.73 Å². The summed E-state index contributed by atoms with van der Waals surface area (Å²) in [5.41, 5.74) is 4.17. The van der Waals surface area contributed by atoms with Crippen LogP contribution in [-0.4, -0.2) is 36.0 Å². The van der Waals surface area contributed by atoms with E-state index in [2.05, 4.69) is 14.7 Å². The standard InChI is InChI=1S/C11H15N5O4S/c1-6(12)2-3-14-21(19,20)7-4-8-9(13-5-7)15-11(18)16-10(8)17/h4-6,14H,2-3,12H2,1H3,(H2,13,15,16,17,18). The lowest BCUT2D eigenvalue weighted by Gasteiger charge is -2.08. The van der Waals surface area contributed by atoms with Crippen LogP contribution in [0.1, 0.15) is 13.3 Å². The predicted octanol–water partition coefficient (Wildman–Crippen LogP) is -1.37. The first-order chi connectivity index (χ1) is 9.79. The number of nitrogens with zero attached hydrogens (tertiary/aromatic N) is 1. The monoisotopic (exact) mass is 313 g/mol. The van der Waals surface area contributed by atoms with Crippen molar-refractivity contribution in [2.45, 2.75) is 24.3 Å². The Morgan fingerprint density at radius 3 is 2.76 bits per heavy atom. The van der Waals surface area contributed by atoms with Crippen LogP contribution in [0.2, 0.25) is 0 Å². The van der Waals surface area contributed by atoms with E-state index in [1.807, 2.05) is 4.98 Å². The number of sulfonamides is 1. The molecular formula is C11H15N5O4S. The van der Waals surface area contributed by atoms with Crippen LogP contribution in [-0.2, 0) is 10.0 Å². The highest BCUT2D eigenvalue weighted by molar-refractivity contribution is 7.89. The van der Waals surface area contributed by atoms with Gasteiger partial charge in [0.05, 0.1) is 5.39 Å². The molecule has 0 aromatic carbocycles. The van der Waals surface area contributed by atoms with Gasteiger partial charge >= 0.3 is 5.69 Å². The van der Waals surface area contributed by atoms with Crippen molar-refractivity contribution in [3.63, 3.8) is 0 Å². The Morgan fingerprint density at radius 1 is 1.38 bits per heavy atom. The molecule has 0 aliphatic carbocycles. The molecule has 0 aliphatic heterocycles. The van der Waals surface area contributed by atoms with Crippen molar-refractivity contribution in [1.29, 1.82) is 0 Å². The van der Waals surface area contributed by atoms with Crippen LogP contribution < -0.4 is 21.7 Å². The molecule has 0 saturated heterocycles. The van der Waals surface area contributed by atoms with Crippen molar-refractivity contribution in [2.75, 3.05) is 6.54 Å². The van der Waals surface area contributed by atoms with Crippen LogP contribution in [0, 0.1) is 0 Å². The summed E-state index contributed by atoms with van der Waals surface area (Å²) < 4.78 is 26.5. The fourth-order valence-electron chi connectivity index (χ4n) is 1.68. The second-order valence-electron chi connectivity index (χ2n) is 4.64. The highest BCUT2D eigenvalue weighted by atomic mass is 32.2. The maximum Gasteiger partial charge on any atom is 0.327 e. The lowest BCUT2D eigenvalue weighted by molar-refractivity contribution is 0.571. The minimum Gasteiger partial charge on any atom is -0.328 e. The van der Waals surface area contributed by atoms with E-state index in [0.717, 1.165) is 12.3 Å². The third-order valence-electron chi connectivity index (χ3n) is 2.77. The first kappa shape index (κ1) is 15.4. The number of fused-ring (bicyclic) bond motifs is 1. The average Bonchev–Trinajstić information content (AvgIpc) is 2.37. The zero-order valence-electron chi connectivity index (χ0n) is 11.2. The third-order valence-corrected chi connectivity index (χ3v) is 4.20. The van der Waals surface area contributed by atoms with Gasteiger partial charge in [-0.15, -0.1) is 0 Å². The van der Waals surface area contributed by atoms with Crippen LogP contribution in [0.5, 0.6) is 0 Å². The molecule has 1 atom stereocenters. The van der Waals surface area contributed by atoms with E-state index in [1.165, 1.54) is 0 Å². The summed E-state index contributed by atoms with van der Waals surface area (Å²) >= 11 is 0. The average molecular weight is 313 g/mol. The van der Waals surface area contributed by atoms with Crippen molar-refractivity contribution in [3.05, 3.63) is 33.1 Å². The molecule has 0 fully saturated rings. The predicted molar refractivity (Wildman–Crippen MR) is 76.4 cm³/mol. The van der Waals surface area contributed by atoms with Crippen molar-refractivity contribution >= 4 is 21.1 Å². The van der Waals surface area contributed by atoms with Gasteiger partial charge in [0.1, 0.15) is 10.5 Å². The van der Waals surface area contributed by atoms with Crippen LogP contribution in [0.4, 0.5) is 0 Å². The lowest BCUT2D eigenvalue weighted by Crippen LogP contribution is -2.29. The van der Waals surface area contributed by atoms with Crippen LogP contribution in [0.25, 0.3) is 11.0 Å². The molecule has 114 valence electrons. The quantitative estimate of drug-likeness (QED) is 0.534. The Balaban J connectivity index is 2.38. The number of aromatic nitrogens is 3. The number of nitrogens with one attached hydrogen (secondary N) is 3. The Kier molecular flexibility index (Phi) is 4.21. The van der Waals surface area contributed by atoms with Crippen LogP contribution in [0.3, 0.4) is 0 Å². The molecule has 2 aromatic heterocycles. The summed E-state index contributed by atoms with van der Waals surface area (Å²) in [6.07, 6.45) is 1.56. The van der Waals surface area contributed by atoms with Crippen molar-refractivity contribution < 1.29 is 8.42 Å². The normalized spacial score (nSPS) is 13.4. The van der Waals surface area contributed by atoms with Gasteiger partial charge in [-0.3, -0.25) is 14.8 Å². The molecule has 10 heteroatoms. The molecule has 0 spiro atoms. The first-order valence-electron chi connectivity index (χ1n) is 6.17. The largest absolute Gasteiger partial charge is 0.328 e. The van der Waals surface area contributed by atoms with E-state index in [1.54, 1.807) is 6.92 Å². The number of hydrogen-bond donors (Lipinski definition) is 4. The van der Waals surface area contributed by atoms with E-state index in [9.17, 15) is 18.0 Å². The highest BCUT2D eigenvalue weighted by Crippen LogP contribution is 2.11. The molecule has 21 heavy (non-hydrogen) atoms. The second-order valence-corrected chi connectivity index (χ2v) is 6.41. The molecule has 0 amide bonds. The van der Waals surface area contributed by atoms with Gasteiger partial charge in [-0.1, -0.05) is 0 Å². The number of hydrogen-bond acceptors (Lipinski definition) is 6. The molecule has 1 unspecified atom stereocenters. The molecule has 0 aliphatic rings. The maximum absolute atomic E-state index is 12.1. The minimum atomic E-state index is -3.79. The number of H-pyrrole nitrogens is 2. The Morgan fingerprint density at radius 2 is 2.10 bits per heavy atom. The molecule has 0 saturated carbocycles. The van der Waals surface area contributed by atoms with E-state index in [4.69, 9.17) is 5.73 Å². The zero-order chi connectivity index (χ0) is 15.6. The van der Waals surface area contributed by atoms with E-state index < -0.39 is 21.3 Å². The first-order valence-corrected chi connectivity index (χ1v) is 7.65. The lowest BCUT2D eigenvalue weighted by atomic mass is 10.3. The summed E-state index contributed by atoms with van der Waals surface area (Å²) in [7, 11) is -3.79. The Hall–Kier alpha value is -2.04. The van der Waals surface area contributed by atoms with Gasteiger partial charge < -0.3 is 5.73 Å². The number of pyridine rings is 1. The highest BCUT2D eigenvalue weighted by Gasteiger charge is 2.16. The SMILES string of the molecule is CC(N)CCNS(=O)(=O)c1cnc2[nH]c(=O)[nH]c(=O)c2c1. The number of rotatable bonds is 5. The topological polar surface area (TPSA) is 151 Å². The Bertz CT molecular complexity index is 868. The van der Waals surface area contributed by atoms with Gasteiger partial charge in [0.25, 0.3) is 5.56 Å². The number of nitrogens with two attached hydrogens (primary N) is 1. The summed E-state index contributed by atoms with van der Waals surface area (Å²) in [6.45, 7) is 1.95. The molecular weight excluding hydrogens is 298 g/mol. The minimum absolute atomic E-state index is 0.00957. The summed E-state index contributed by atoms with van der Waals surface area (Å²) in [5.74, 6) is 0. The molecule has 5 N–H and O–H groups in total. The molecule has 2 rings (SSSR count). The molecule has 0 bridgehead atoms. The van der Waals surface area contributed by atoms with E-state index in [0.29, 0.717) is 6.42 Å². The Labute approximate surface area is 119 Å². The smallest absolute Gasteiger partial charge is 0.327 e. The van der Waals surface area contributed by atoms with Gasteiger partial charge in [-0.25, -0.2) is 22.9 Å². The maximum atomic E-state index is 12.1. The molecule has 2 aromatic rings. The van der Waals surface area contributed by atoms with Crippen molar-refractivity contribution in [1.82, 2.24) is 19.7 Å². The van der Waals surface area contributed by atoms with Crippen LogP contribution >= 0.6 is 0 Å². The van der Waals surface area contributed by atoms with Crippen molar-refractivity contribution in [3.8, 4) is 0 Å². The zero-order valence-corrected chi connectivity index (χ0v) is 12.0. The van der Waals surface area contributed by atoms with Gasteiger partial charge in [0.2, 0.25) is 10.0 Å². The fraction of sp³-hybridized carbons (Fsp3) is 0.364. The molecule has 0 radical (unpaired) electrons. The van der Waals surface area contributed by atoms with Gasteiger partial charge in [-0.2, -0.15) is 0 Å². The third kappa shape index (κ3) is 3.54. The van der Waals surface area contributed by atoms with Gasteiger partial charge in [0, 0.05) is 18.8 Å². The van der Waals surface area contributed by atoms with E-state index >= 15 is 0 Å². The summed E-state index contributed by atoms with van der Waals surface area (Å²) in [4.78, 5) is 30.7. The molecule has 2 heterocycles. The summed E-state index contributed by atoms with van der Waals surface area (Å²) in [6, 6.07) is 1.03. The molecule has 9 nitrogen and oxygen atoms in total. The van der Waals surface area contributed by atoms with Gasteiger partial charge in [-0.05, 0) is 19.4 Å². The van der Waals surface area contributed by atoms with Gasteiger partial charge in [0.15, 0.2) is 0 Å². The number of aromatic amines is 2. The summed E-state index contributed by atoms with van der Waals surface area (Å²) in [5, 5.41) is -0.00957. The fourth-order valence-corrected chi connectivity index (χ4v) is 2.70.